The van der Waals surface area contributed by atoms with E-state index in [9.17, 15) is 0 Å². The Morgan fingerprint density at radius 1 is 1.09 bits per heavy atom. The minimum Gasteiger partial charge on any atom is -0.497 e. The average Bonchev–Trinajstić information content (AvgIpc) is 3.11. The van der Waals surface area contributed by atoms with Crippen molar-refractivity contribution in [2.75, 3.05) is 7.11 Å². The summed E-state index contributed by atoms with van der Waals surface area (Å²) in [7, 11) is 1.67. The Bertz CT molecular complexity index is 738. The van der Waals surface area contributed by atoms with Gasteiger partial charge >= 0.3 is 0 Å². The third kappa shape index (κ3) is 3.55. The molecule has 0 spiro atoms. The Morgan fingerprint density at radius 2 is 1.86 bits per heavy atom. The second-order valence-electron chi connectivity index (χ2n) is 4.42. The molecule has 0 fully saturated rings. The first-order chi connectivity index (χ1) is 10.9. The van der Waals surface area contributed by atoms with Crippen molar-refractivity contribution in [3.8, 4) is 5.75 Å². The molecule has 0 radical (unpaired) electrons. The molecule has 3 nitrogen and oxygen atoms in total. The second-order valence-corrected chi connectivity index (χ2v) is 6.04. The summed E-state index contributed by atoms with van der Waals surface area (Å²) in [5.41, 5.74) is 3.49. The Balaban J connectivity index is 1.93. The van der Waals surface area contributed by atoms with E-state index in [-0.39, 0.29) is 0 Å². The van der Waals surface area contributed by atoms with E-state index in [0.717, 1.165) is 22.0 Å². The molecule has 5 heteroatoms. The molecule has 0 atom stereocenters. The Kier molecular flexibility index (Phi) is 4.88. The summed E-state index contributed by atoms with van der Waals surface area (Å²) in [5, 5.41) is 7.06. The van der Waals surface area contributed by atoms with Crippen molar-refractivity contribution >= 4 is 28.7 Å². The predicted octanol–water partition coefficient (Wildman–Crippen LogP) is 4.73. The maximum Gasteiger partial charge on any atom is 0.191 e. The normalized spacial score (nSPS) is 11.4. The lowest BCUT2D eigenvalue weighted by Crippen LogP contribution is -1.88. The summed E-state index contributed by atoms with van der Waals surface area (Å²) >= 11 is 3.21. The highest BCUT2D eigenvalue weighted by molar-refractivity contribution is 8.02. The molecule has 0 amide bonds. The van der Waals surface area contributed by atoms with Gasteiger partial charge in [-0.2, -0.15) is 11.3 Å². The van der Waals surface area contributed by atoms with Crippen molar-refractivity contribution in [1.82, 2.24) is 9.97 Å². The van der Waals surface area contributed by atoms with E-state index in [4.69, 9.17) is 4.74 Å². The van der Waals surface area contributed by atoms with Gasteiger partial charge in [0.15, 0.2) is 5.16 Å². The third-order valence-corrected chi connectivity index (χ3v) is 4.52. The molecule has 3 aromatic rings. The number of hydrogen-bond donors (Lipinski definition) is 0. The fraction of sp³-hybridized carbons (Fsp3) is 0.0588. The van der Waals surface area contributed by atoms with E-state index in [1.165, 1.54) is 17.3 Å². The number of hydrogen-bond acceptors (Lipinski definition) is 5. The van der Waals surface area contributed by atoms with Crippen LogP contribution in [0.15, 0.2) is 70.1 Å². The summed E-state index contributed by atoms with van der Waals surface area (Å²) in [5.74, 6) is 0.854. The topological polar surface area (TPSA) is 35.0 Å². The smallest absolute Gasteiger partial charge is 0.191 e. The number of methoxy groups -OCH3 is 1. The molecule has 110 valence electrons. The first kappa shape index (κ1) is 14.8. The predicted molar refractivity (Wildman–Crippen MR) is 92.3 cm³/mol. The molecule has 0 N–H and O–H groups in total. The van der Waals surface area contributed by atoms with Crippen molar-refractivity contribution < 1.29 is 4.74 Å². The SMILES string of the molecule is COc1ccc(/C(=C/Sc2ncccn2)c2ccsc2)cc1. The molecule has 0 bridgehead atoms. The monoisotopic (exact) mass is 326 g/mol. The number of thioether (sulfide) groups is 1. The van der Waals surface area contributed by atoms with Gasteiger partial charge in [-0.3, -0.25) is 0 Å². The van der Waals surface area contributed by atoms with E-state index in [0.29, 0.717) is 0 Å². The first-order valence-corrected chi connectivity index (χ1v) is 8.50. The summed E-state index contributed by atoms with van der Waals surface area (Å²) in [6, 6.07) is 12.0. The van der Waals surface area contributed by atoms with Crippen molar-refractivity contribution in [3.05, 3.63) is 76.1 Å². The van der Waals surface area contributed by atoms with Crippen LogP contribution in [0.2, 0.25) is 0 Å². The van der Waals surface area contributed by atoms with E-state index < -0.39 is 0 Å². The Hall–Kier alpha value is -2.11. The summed E-state index contributed by atoms with van der Waals surface area (Å²) in [6.07, 6.45) is 3.50. The zero-order valence-corrected chi connectivity index (χ0v) is 13.6. The number of nitrogens with zero attached hydrogens (tertiary/aromatic N) is 2. The quantitative estimate of drug-likeness (QED) is 0.501. The zero-order chi connectivity index (χ0) is 15.2. The summed E-state index contributed by atoms with van der Waals surface area (Å²) < 4.78 is 5.23. The van der Waals surface area contributed by atoms with Crippen LogP contribution in [0.25, 0.3) is 5.57 Å². The summed E-state index contributed by atoms with van der Waals surface area (Å²) in [6.45, 7) is 0. The third-order valence-electron chi connectivity index (χ3n) is 3.06. The molecular weight excluding hydrogens is 312 g/mol. The van der Waals surface area contributed by atoms with Crippen LogP contribution in [0, 0.1) is 0 Å². The number of ether oxygens (including phenoxy) is 1. The van der Waals surface area contributed by atoms with Crippen LogP contribution in [-0.4, -0.2) is 17.1 Å². The lowest BCUT2D eigenvalue weighted by Gasteiger charge is -2.07. The first-order valence-electron chi connectivity index (χ1n) is 6.67. The lowest BCUT2D eigenvalue weighted by molar-refractivity contribution is 0.415. The molecule has 0 saturated carbocycles. The van der Waals surface area contributed by atoms with Gasteiger partial charge in [-0.1, -0.05) is 23.9 Å². The van der Waals surface area contributed by atoms with Gasteiger partial charge in [-0.15, -0.1) is 0 Å². The largest absolute Gasteiger partial charge is 0.497 e. The van der Waals surface area contributed by atoms with E-state index in [1.54, 1.807) is 30.8 Å². The van der Waals surface area contributed by atoms with Gasteiger partial charge in [0, 0.05) is 12.4 Å². The standard InChI is InChI=1S/C17H14N2OS2/c1-20-15-5-3-13(4-6-15)16(14-7-10-21-11-14)12-22-17-18-8-2-9-19-17/h2-12H,1H3/b16-12-. The van der Waals surface area contributed by atoms with E-state index in [2.05, 4.69) is 44.3 Å². The van der Waals surface area contributed by atoms with Gasteiger partial charge in [0.1, 0.15) is 5.75 Å². The van der Waals surface area contributed by atoms with Gasteiger partial charge < -0.3 is 4.74 Å². The van der Waals surface area contributed by atoms with E-state index in [1.807, 2.05) is 18.2 Å². The van der Waals surface area contributed by atoms with Gasteiger partial charge in [-0.05, 0) is 57.1 Å². The van der Waals surface area contributed by atoms with Gasteiger partial charge in [0.25, 0.3) is 0 Å². The van der Waals surface area contributed by atoms with E-state index >= 15 is 0 Å². The van der Waals surface area contributed by atoms with Crippen molar-refractivity contribution in [2.24, 2.45) is 0 Å². The highest BCUT2D eigenvalue weighted by Gasteiger charge is 2.07. The van der Waals surface area contributed by atoms with Crippen LogP contribution in [0.1, 0.15) is 11.1 Å². The average molecular weight is 326 g/mol. The Morgan fingerprint density at radius 3 is 2.50 bits per heavy atom. The molecule has 22 heavy (non-hydrogen) atoms. The maximum absolute atomic E-state index is 5.23. The fourth-order valence-electron chi connectivity index (χ4n) is 1.95. The number of benzene rings is 1. The zero-order valence-electron chi connectivity index (χ0n) is 12.0. The number of rotatable bonds is 5. The Labute approximate surface area is 137 Å². The number of aromatic nitrogens is 2. The molecule has 0 aliphatic carbocycles. The molecule has 0 aliphatic rings. The van der Waals surface area contributed by atoms with Gasteiger partial charge in [0.05, 0.1) is 7.11 Å². The van der Waals surface area contributed by atoms with Gasteiger partial charge in [-0.25, -0.2) is 9.97 Å². The summed E-state index contributed by atoms with van der Waals surface area (Å²) in [4.78, 5) is 8.49. The molecule has 0 saturated heterocycles. The van der Waals surface area contributed by atoms with Crippen molar-refractivity contribution in [2.45, 2.75) is 5.16 Å². The lowest BCUT2D eigenvalue weighted by atomic mass is 10.0. The number of thiophene rings is 1. The van der Waals surface area contributed by atoms with Crippen LogP contribution in [-0.2, 0) is 0 Å². The van der Waals surface area contributed by atoms with Crippen LogP contribution in [0.4, 0.5) is 0 Å². The molecular formula is C17H14N2OS2. The molecule has 2 aromatic heterocycles. The van der Waals surface area contributed by atoms with Crippen LogP contribution in [0.3, 0.4) is 0 Å². The van der Waals surface area contributed by atoms with Crippen LogP contribution >= 0.6 is 23.1 Å². The van der Waals surface area contributed by atoms with Gasteiger partial charge in [0.2, 0.25) is 0 Å². The molecule has 3 rings (SSSR count). The molecule has 0 aliphatic heterocycles. The highest BCUT2D eigenvalue weighted by Crippen LogP contribution is 2.30. The van der Waals surface area contributed by atoms with Crippen molar-refractivity contribution in [3.63, 3.8) is 0 Å². The van der Waals surface area contributed by atoms with Crippen molar-refractivity contribution in [1.29, 1.82) is 0 Å². The van der Waals surface area contributed by atoms with Crippen LogP contribution in [0.5, 0.6) is 5.75 Å². The maximum atomic E-state index is 5.23. The fourth-order valence-corrected chi connectivity index (χ4v) is 3.34. The highest BCUT2D eigenvalue weighted by atomic mass is 32.2. The minimum absolute atomic E-state index is 0.740. The minimum atomic E-state index is 0.740. The molecule has 0 unspecified atom stereocenters. The molecule has 2 heterocycles. The molecule has 1 aromatic carbocycles. The van der Waals surface area contributed by atoms with Crippen LogP contribution < -0.4 is 4.74 Å². The second kappa shape index (κ2) is 7.24.